The van der Waals surface area contributed by atoms with Gasteiger partial charge < -0.3 is 4.74 Å². The van der Waals surface area contributed by atoms with Crippen LogP contribution >= 0.6 is 11.3 Å². The number of nitrogens with zero attached hydrogens (tertiary/aromatic N) is 1. The lowest BCUT2D eigenvalue weighted by molar-refractivity contribution is 0.415. The second kappa shape index (κ2) is 4.73. The lowest BCUT2D eigenvalue weighted by atomic mass is 9.86. The highest BCUT2D eigenvalue weighted by Crippen LogP contribution is 2.34. The molecule has 0 fully saturated rings. The Bertz CT molecular complexity index is 552. The summed E-state index contributed by atoms with van der Waals surface area (Å²) in [4.78, 5) is 4.55. The summed E-state index contributed by atoms with van der Waals surface area (Å²) in [5.41, 5.74) is 3.50. The molecule has 0 radical (unpaired) electrons. The van der Waals surface area contributed by atoms with Gasteiger partial charge in [-0.15, -0.1) is 11.3 Å². The molecule has 0 spiro atoms. The number of hydrogen-bond acceptors (Lipinski definition) is 3. The first-order chi connectivity index (χ1) is 8.41. The largest absolute Gasteiger partial charge is 0.496 e. The lowest BCUT2D eigenvalue weighted by Crippen LogP contribution is -2.11. The predicted molar refractivity (Wildman–Crippen MR) is 77.5 cm³/mol. The summed E-state index contributed by atoms with van der Waals surface area (Å²) in [7, 11) is 1.70. The van der Waals surface area contributed by atoms with Crippen LogP contribution in [0.5, 0.6) is 5.75 Å². The molecular weight excluding hydrogens is 242 g/mol. The molecular formula is C15H19NOS. The fourth-order valence-corrected chi connectivity index (χ4v) is 2.47. The van der Waals surface area contributed by atoms with Crippen LogP contribution < -0.4 is 4.74 Å². The molecule has 0 amide bonds. The molecule has 1 heterocycles. The van der Waals surface area contributed by atoms with Gasteiger partial charge in [-0.25, -0.2) is 4.98 Å². The third kappa shape index (κ3) is 2.56. The Balaban J connectivity index is 2.56. The zero-order chi connectivity index (χ0) is 13.3. The number of methoxy groups -OCH3 is 1. The van der Waals surface area contributed by atoms with Crippen LogP contribution in [0.25, 0.3) is 11.3 Å². The van der Waals surface area contributed by atoms with E-state index in [1.54, 1.807) is 18.4 Å². The lowest BCUT2D eigenvalue weighted by Gasteiger charge is -2.20. The van der Waals surface area contributed by atoms with E-state index < -0.39 is 0 Å². The third-order valence-electron chi connectivity index (χ3n) is 2.96. The van der Waals surface area contributed by atoms with Crippen LogP contribution in [0.1, 0.15) is 31.3 Å². The molecule has 0 saturated heterocycles. The Morgan fingerprint density at radius 1 is 1.22 bits per heavy atom. The van der Waals surface area contributed by atoms with Crippen molar-refractivity contribution in [3.8, 4) is 17.0 Å². The van der Waals surface area contributed by atoms with Gasteiger partial charge in [0.1, 0.15) is 5.75 Å². The normalized spacial score (nSPS) is 11.6. The van der Waals surface area contributed by atoms with Crippen molar-refractivity contribution in [1.29, 1.82) is 0 Å². The summed E-state index contributed by atoms with van der Waals surface area (Å²) in [6.45, 7) is 8.66. The number of aromatic nitrogens is 1. The number of hydrogen-bond donors (Lipinski definition) is 0. The van der Waals surface area contributed by atoms with Crippen molar-refractivity contribution in [3.63, 3.8) is 0 Å². The van der Waals surface area contributed by atoms with Crippen LogP contribution in [0.3, 0.4) is 0 Å². The van der Waals surface area contributed by atoms with E-state index >= 15 is 0 Å². The van der Waals surface area contributed by atoms with Gasteiger partial charge in [-0.05, 0) is 30.0 Å². The zero-order valence-electron chi connectivity index (χ0n) is 11.6. The zero-order valence-corrected chi connectivity index (χ0v) is 12.4. The molecule has 2 rings (SSSR count). The number of ether oxygens (including phenoxy) is 1. The molecule has 96 valence electrons. The molecule has 1 aromatic carbocycles. The van der Waals surface area contributed by atoms with E-state index in [1.807, 2.05) is 13.0 Å². The highest BCUT2D eigenvalue weighted by molar-refractivity contribution is 7.09. The molecule has 3 heteroatoms. The smallest absolute Gasteiger partial charge is 0.128 e. The van der Waals surface area contributed by atoms with Gasteiger partial charge in [-0.1, -0.05) is 26.8 Å². The first-order valence-corrected chi connectivity index (χ1v) is 6.91. The molecule has 0 N–H and O–H groups in total. The number of benzene rings is 1. The number of rotatable bonds is 2. The molecule has 18 heavy (non-hydrogen) atoms. The first kappa shape index (κ1) is 13.1. The minimum Gasteiger partial charge on any atom is -0.496 e. The van der Waals surface area contributed by atoms with E-state index in [-0.39, 0.29) is 5.41 Å². The summed E-state index contributed by atoms with van der Waals surface area (Å²) in [5, 5.41) is 3.16. The Morgan fingerprint density at radius 3 is 2.44 bits per heavy atom. The molecule has 0 saturated carbocycles. The van der Waals surface area contributed by atoms with E-state index in [1.165, 1.54) is 5.56 Å². The van der Waals surface area contributed by atoms with Crippen molar-refractivity contribution >= 4 is 11.3 Å². The van der Waals surface area contributed by atoms with Crippen LogP contribution in [0.2, 0.25) is 0 Å². The molecule has 1 aromatic heterocycles. The Kier molecular flexibility index (Phi) is 3.44. The van der Waals surface area contributed by atoms with Crippen LogP contribution in [0.4, 0.5) is 0 Å². The van der Waals surface area contributed by atoms with Gasteiger partial charge in [-0.2, -0.15) is 0 Å². The molecule has 0 aliphatic carbocycles. The highest BCUT2D eigenvalue weighted by Gasteiger charge is 2.17. The number of aryl methyl sites for hydroxylation is 1. The number of thiazole rings is 1. The van der Waals surface area contributed by atoms with Crippen LogP contribution in [-0.2, 0) is 5.41 Å². The summed E-state index contributed by atoms with van der Waals surface area (Å²) < 4.78 is 5.44. The van der Waals surface area contributed by atoms with Gasteiger partial charge in [0, 0.05) is 10.9 Å². The summed E-state index contributed by atoms with van der Waals surface area (Å²) in [5.74, 6) is 0.883. The standard InChI is InChI=1S/C15H19NOS/c1-10-16-13(9-18-10)12-8-11(15(2,3)4)6-7-14(12)17-5/h6-9H,1-5H3. The van der Waals surface area contributed by atoms with Crippen molar-refractivity contribution in [1.82, 2.24) is 4.98 Å². The van der Waals surface area contributed by atoms with Crippen molar-refractivity contribution in [2.75, 3.05) is 7.11 Å². The van der Waals surface area contributed by atoms with Crippen molar-refractivity contribution in [2.24, 2.45) is 0 Å². The average Bonchev–Trinajstić information content (AvgIpc) is 2.73. The fraction of sp³-hybridized carbons (Fsp3) is 0.400. The molecule has 0 unspecified atom stereocenters. The highest BCUT2D eigenvalue weighted by atomic mass is 32.1. The van der Waals surface area contributed by atoms with Gasteiger partial charge in [0.05, 0.1) is 17.8 Å². The molecule has 0 aliphatic heterocycles. The first-order valence-electron chi connectivity index (χ1n) is 6.03. The topological polar surface area (TPSA) is 22.1 Å². The molecule has 0 bridgehead atoms. The molecule has 0 atom stereocenters. The predicted octanol–water partition coefficient (Wildman–Crippen LogP) is 4.42. The maximum atomic E-state index is 5.44. The van der Waals surface area contributed by atoms with Gasteiger partial charge in [0.25, 0.3) is 0 Å². The van der Waals surface area contributed by atoms with Crippen LogP contribution in [0.15, 0.2) is 23.6 Å². The van der Waals surface area contributed by atoms with Gasteiger partial charge in [0.2, 0.25) is 0 Å². The summed E-state index contributed by atoms with van der Waals surface area (Å²) in [6.07, 6.45) is 0. The second-order valence-corrected chi connectivity index (χ2v) is 6.48. The third-order valence-corrected chi connectivity index (χ3v) is 3.73. The van der Waals surface area contributed by atoms with Crippen LogP contribution in [-0.4, -0.2) is 12.1 Å². The van der Waals surface area contributed by atoms with E-state index in [4.69, 9.17) is 4.74 Å². The van der Waals surface area contributed by atoms with Gasteiger partial charge in [-0.3, -0.25) is 0 Å². The Labute approximate surface area is 113 Å². The maximum absolute atomic E-state index is 5.44. The van der Waals surface area contributed by atoms with Crippen molar-refractivity contribution in [3.05, 3.63) is 34.2 Å². The van der Waals surface area contributed by atoms with E-state index in [0.717, 1.165) is 22.0 Å². The van der Waals surface area contributed by atoms with E-state index in [0.29, 0.717) is 0 Å². The minimum absolute atomic E-state index is 0.131. The average molecular weight is 261 g/mol. The Morgan fingerprint density at radius 2 is 1.94 bits per heavy atom. The van der Waals surface area contributed by atoms with Crippen molar-refractivity contribution in [2.45, 2.75) is 33.1 Å². The van der Waals surface area contributed by atoms with Crippen molar-refractivity contribution < 1.29 is 4.74 Å². The molecule has 2 nitrogen and oxygen atoms in total. The van der Waals surface area contributed by atoms with Gasteiger partial charge >= 0.3 is 0 Å². The van der Waals surface area contributed by atoms with Crippen LogP contribution in [0, 0.1) is 6.92 Å². The second-order valence-electron chi connectivity index (χ2n) is 5.42. The maximum Gasteiger partial charge on any atom is 0.128 e. The molecule has 0 aliphatic rings. The quantitative estimate of drug-likeness (QED) is 0.798. The Hall–Kier alpha value is -1.35. The molecule has 2 aromatic rings. The summed E-state index contributed by atoms with van der Waals surface area (Å²) in [6, 6.07) is 6.35. The fourth-order valence-electron chi connectivity index (χ4n) is 1.86. The minimum atomic E-state index is 0.131. The van der Waals surface area contributed by atoms with E-state index in [9.17, 15) is 0 Å². The SMILES string of the molecule is COc1ccc(C(C)(C)C)cc1-c1csc(C)n1. The summed E-state index contributed by atoms with van der Waals surface area (Å²) >= 11 is 1.67. The monoisotopic (exact) mass is 261 g/mol. The van der Waals surface area contributed by atoms with E-state index in [2.05, 4.69) is 43.3 Å². The van der Waals surface area contributed by atoms with Gasteiger partial charge in [0.15, 0.2) is 0 Å².